The fourth-order valence-electron chi connectivity index (χ4n) is 1.68. The van der Waals surface area contributed by atoms with Crippen LogP contribution < -0.4 is 5.73 Å². The second-order valence-corrected chi connectivity index (χ2v) is 3.49. The first kappa shape index (κ1) is 8.05. The summed E-state index contributed by atoms with van der Waals surface area (Å²) in [6.45, 7) is 1.84. The number of hydrogen-bond donors (Lipinski definition) is 1. The molecule has 0 aliphatic heterocycles. The molecule has 2 nitrogen and oxygen atoms in total. The van der Waals surface area contributed by atoms with Gasteiger partial charge in [0.15, 0.2) is 0 Å². The van der Waals surface area contributed by atoms with E-state index in [0.717, 1.165) is 11.1 Å². The highest BCUT2D eigenvalue weighted by molar-refractivity contribution is 5.93. The average molecular weight is 173 g/mol. The van der Waals surface area contributed by atoms with Gasteiger partial charge < -0.3 is 5.73 Å². The van der Waals surface area contributed by atoms with Gasteiger partial charge in [-0.15, -0.1) is 0 Å². The Morgan fingerprint density at radius 2 is 2.08 bits per heavy atom. The summed E-state index contributed by atoms with van der Waals surface area (Å²) < 4.78 is 0. The second-order valence-electron chi connectivity index (χ2n) is 3.49. The summed E-state index contributed by atoms with van der Waals surface area (Å²) in [4.78, 5) is 11.3. The molecule has 0 saturated carbocycles. The Balaban J connectivity index is 2.61. The molecule has 0 spiro atoms. The van der Waals surface area contributed by atoms with Crippen molar-refractivity contribution < 1.29 is 4.79 Å². The largest absolute Gasteiger partial charge is 0.369 e. The van der Waals surface area contributed by atoms with E-state index in [1.165, 1.54) is 0 Å². The van der Waals surface area contributed by atoms with Gasteiger partial charge in [-0.2, -0.15) is 0 Å². The van der Waals surface area contributed by atoms with E-state index in [1.54, 1.807) is 0 Å². The van der Waals surface area contributed by atoms with Crippen molar-refractivity contribution in [3.05, 3.63) is 41.5 Å². The Morgan fingerprint density at radius 3 is 2.77 bits per heavy atom. The molecule has 1 aromatic carbocycles. The van der Waals surface area contributed by atoms with Crippen molar-refractivity contribution in [2.24, 2.45) is 5.73 Å². The Morgan fingerprint density at radius 1 is 1.38 bits per heavy atom. The van der Waals surface area contributed by atoms with E-state index in [-0.39, 0.29) is 5.91 Å². The van der Waals surface area contributed by atoms with E-state index in [0.29, 0.717) is 0 Å². The lowest BCUT2D eigenvalue weighted by Crippen LogP contribution is -2.35. The van der Waals surface area contributed by atoms with Gasteiger partial charge in [-0.1, -0.05) is 36.4 Å². The monoisotopic (exact) mass is 173 g/mol. The van der Waals surface area contributed by atoms with Crippen LogP contribution in [-0.4, -0.2) is 5.91 Å². The maximum Gasteiger partial charge on any atom is 0.231 e. The van der Waals surface area contributed by atoms with Gasteiger partial charge in [0, 0.05) is 0 Å². The minimum atomic E-state index is -0.614. The quantitative estimate of drug-likeness (QED) is 0.686. The number of rotatable bonds is 1. The number of primary amides is 1. The van der Waals surface area contributed by atoms with Gasteiger partial charge in [0.05, 0.1) is 5.41 Å². The van der Waals surface area contributed by atoms with Crippen molar-refractivity contribution >= 4 is 12.0 Å². The molecule has 0 heterocycles. The molecular weight excluding hydrogens is 162 g/mol. The minimum absolute atomic E-state index is 0.297. The van der Waals surface area contributed by atoms with Crippen molar-refractivity contribution in [1.82, 2.24) is 0 Å². The topological polar surface area (TPSA) is 43.1 Å². The van der Waals surface area contributed by atoms with Crippen LogP contribution in [0.15, 0.2) is 30.3 Å². The summed E-state index contributed by atoms with van der Waals surface area (Å²) >= 11 is 0. The third-order valence-corrected chi connectivity index (χ3v) is 2.63. The highest BCUT2D eigenvalue weighted by Gasteiger charge is 2.34. The average Bonchev–Trinajstić information content (AvgIpc) is 2.47. The molecule has 0 radical (unpaired) electrons. The predicted octanol–water partition coefficient (Wildman–Crippen LogP) is 1.46. The highest BCUT2D eigenvalue weighted by atomic mass is 16.1. The highest BCUT2D eigenvalue weighted by Crippen LogP contribution is 2.34. The van der Waals surface area contributed by atoms with Gasteiger partial charge in [0.1, 0.15) is 0 Å². The van der Waals surface area contributed by atoms with Crippen LogP contribution in [0, 0.1) is 0 Å². The van der Waals surface area contributed by atoms with Gasteiger partial charge in [-0.05, 0) is 18.1 Å². The second kappa shape index (κ2) is 2.46. The van der Waals surface area contributed by atoms with E-state index < -0.39 is 5.41 Å². The summed E-state index contributed by atoms with van der Waals surface area (Å²) in [5.41, 5.74) is 6.83. The lowest BCUT2D eigenvalue weighted by molar-refractivity contribution is -0.121. The molecular formula is C11H11NO. The normalized spacial score (nSPS) is 24.4. The molecule has 0 fully saturated rings. The van der Waals surface area contributed by atoms with E-state index in [1.807, 2.05) is 43.3 Å². The molecule has 66 valence electrons. The fourth-order valence-corrected chi connectivity index (χ4v) is 1.68. The Hall–Kier alpha value is -1.57. The zero-order chi connectivity index (χ0) is 9.47. The summed E-state index contributed by atoms with van der Waals surface area (Å²) in [7, 11) is 0. The van der Waals surface area contributed by atoms with Crippen LogP contribution in [0.4, 0.5) is 0 Å². The molecule has 0 saturated heterocycles. The maximum atomic E-state index is 11.3. The smallest absolute Gasteiger partial charge is 0.231 e. The van der Waals surface area contributed by atoms with Crippen LogP contribution >= 0.6 is 0 Å². The standard InChI is InChI=1S/C11H11NO/c1-11(10(12)13)7-6-8-4-2-3-5-9(8)11/h2-7H,1H3,(H2,12,13). The first-order chi connectivity index (χ1) is 6.14. The number of carbonyl (C=O) groups is 1. The Kier molecular flexibility index (Phi) is 1.52. The molecule has 2 heteroatoms. The molecule has 1 aliphatic carbocycles. The van der Waals surface area contributed by atoms with Crippen LogP contribution in [-0.2, 0) is 10.2 Å². The van der Waals surface area contributed by atoms with Crippen molar-refractivity contribution in [1.29, 1.82) is 0 Å². The third-order valence-electron chi connectivity index (χ3n) is 2.63. The van der Waals surface area contributed by atoms with Crippen LogP contribution in [0.5, 0.6) is 0 Å². The van der Waals surface area contributed by atoms with Crippen LogP contribution in [0.2, 0.25) is 0 Å². The number of fused-ring (bicyclic) bond motifs is 1. The molecule has 0 aromatic heterocycles. The van der Waals surface area contributed by atoms with E-state index >= 15 is 0 Å². The van der Waals surface area contributed by atoms with Crippen LogP contribution in [0.25, 0.3) is 6.08 Å². The summed E-state index contributed by atoms with van der Waals surface area (Å²) in [6, 6.07) is 7.81. The minimum Gasteiger partial charge on any atom is -0.369 e. The van der Waals surface area contributed by atoms with Crippen molar-refractivity contribution in [2.75, 3.05) is 0 Å². The van der Waals surface area contributed by atoms with Crippen molar-refractivity contribution in [3.8, 4) is 0 Å². The molecule has 0 bridgehead atoms. The number of carbonyl (C=O) groups excluding carboxylic acids is 1. The van der Waals surface area contributed by atoms with Crippen molar-refractivity contribution in [2.45, 2.75) is 12.3 Å². The SMILES string of the molecule is CC1(C(N)=O)C=Cc2ccccc21. The summed E-state index contributed by atoms with van der Waals surface area (Å²) in [5.74, 6) is -0.297. The molecule has 2 rings (SSSR count). The lowest BCUT2D eigenvalue weighted by atomic mass is 9.84. The number of benzene rings is 1. The first-order valence-corrected chi connectivity index (χ1v) is 4.23. The summed E-state index contributed by atoms with van der Waals surface area (Å²) in [5, 5.41) is 0. The molecule has 1 unspecified atom stereocenters. The number of amides is 1. The lowest BCUT2D eigenvalue weighted by Gasteiger charge is -2.19. The van der Waals surface area contributed by atoms with E-state index in [2.05, 4.69) is 0 Å². The zero-order valence-corrected chi connectivity index (χ0v) is 7.45. The fraction of sp³-hybridized carbons (Fsp3) is 0.182. The summed E-state index contributed by atoms with van der Waals surface area (Å²) in [6.07, 6.45) is 3.81. The Bertz CT molecular complexity index is 395. The molecule has 1 amide bonds. The van der Waals surface area contributed by atoms with Gasteiger partial charge >= 0.3 is 0 Å². The maximum absolute atomic E-state index is 11.3. The molecule has 1 aliphatic rings. The molecule has 13 heavy (non-hydrogen) atoms. The van der Waals surface area contributed by atoms with Crippen molar-refractivity contribution in [3.63, 3.8) is 0 Å². The van der Waals surface area contributed by atoms with E-state index in [9.17, 15) is 4.79 Å². The predicted molar refractivity (Wildman–Crippen MR) is 52.0 cm³/mol. The number of hydrogen-bond acceptors (Lipinski definition) is 1. The Labute approximate surface area is 77.1 Å². The molecule has 1 atom stereocenters. The zero-order valence-electron chi connectivity index (χ0n) is 7.45. The van der Waals surface area contributed by atoms with Gasteiger partial charge in [0.2, 0.25) is 5.91 Å². The number of nitrogens with two attached hydrogens (primary N) is 1. The molecule has 1 aromatic rings. The van der Waals surface area contributed by atoms with Gasteiger partial charge in [0.25, 0.3) is 0 Å². The van der Waals surface area contributed by atoms with Gasteiger partial charge in [-0.25, -0.2) is 0 Å². The van der Waals surface area contributed by atoms with Crippen LogP contribution in [0.1, 0.15) is 18.1 Å². The van der Waals surface area contributed by atoms with E-state index in [4.69, 9.17) is 5.73 Å². The first-order valence-electron chi connectivity index (χ1n) is 4.23. The molecule has 2 N–H and O–H groups in total. The third kappa shape index (κ3) is 0.985. The van der Waals surface area contributed by atoms with Crippen LogP contribution in [0.3, 0.4) is 0 Å². The van der Waals surface area contributed by atoms with Gasteiger partial charge in [-0.3, -0.25) is 4.79 Å².